The molecule has 1 aromatic rings. The van der Waals surface area contributed by atoms with Crippen LogP contribution in [0.1, 0.15) is 23.3 Å². The van der Waals surface area contributed by atoms with Crippen molar-refractivity contribution in [1.82, 2.24) is 25.0 Å². The minimum Gasteiger partial charge on any atom is -0.347 e. The Balaban J connectivity index is 1.96. The van der Waals surface area contributed by atoms with Crippen LogP contribution in [0.2, 0.25) is 0 Å². The fourth-order valence-electron chi connectivity index (χ4n) is 1.93. The predicted molar refractivity (Wildman–Crippen MR) is 63.3 cm³/mol. The van der Waals surface area contributed by atoms with E-state index in [9.17, 15) is 13.2 Å². The lowest BCUT2D eigenvalue weighted by atomic mass is 10.1. The molecular weight excluding hydrogens is 258 g/mol. The van der Waals surface area contributed by atoms with E-state index in [1.165, 1.54) is 16.8 Å². The maximum atomic E-state index is 11.7. The van der Waals surface area contributed by atoms with E-state index >= 15 is 0 Å². The molecule has 0 aliphatic carbocycles. The summed E-state index contributed by atoms with van der Waals surface area (Å²) in [6.07, 6.45) is 3.99. The van der Waals surface area contributed by atoms with Crippen LogP contribution < -0.4 is 5.32 Å². The molecule has 1 fully saturated rings. The van der Waals surface area contributed by atoms with Crippen LogP contribution in [0.25, 0.3) is 0 Å². The topological polar surface area (TPSA) is 108 Å². The van der Waals surface area contributed by atoms with E-state index in [0.29, 0.717) is 13.1 Å². The second-order valence-corrected chi connectivity index (χ2v) is 6.27. The third-order valence-electron chi connectivity index (χ3n) is 2.84. The lowest BCUT2D eigenvalue weighted by molar-refractivity contribution is 0.0916. The number of sulfonamides is 1. The van der Waals surface area contributed by atoms with Gasteiger partial charge in [0.25, 0.3) is 5.91 Å². The van der Waals surface area contributed by atoms with Gasteiger partial charge in [0.1, 0.15) is 0 Å². The van der Waals surface area contributed by atoms with Crippen LogP contribution in [-0.4, -0.2) is 59.4 Å². The molecule has 1 aliphatic rings. The van der Waals surface area contributed by atoms with Gasteiger partial charge in [-0.1, -0.05) is 0 Å². The first-order valence-electron chi connectivity index (χ1n) is 5.58. The summed E-state index contributed by atoms with van der Waals surface area (Å²) < 4.78 is 24.2. The largest absolute Gasteiger partial charge is 0.347 e. The molecule has 2 heterocycles. The van der Waals surface area contributed by atoms with Gasteiger partial charge in [-0.3, -0.25) is 4.79 Å². The summed E-state index contributed by atoms with van der Waals surface area (Å²) >= 11 is 0. The molecule has 2 N–H and O–H groups in total. The number of hydrogen-bond donors (Lipinski definition) is 2. The number of H-pyrrole nitrogens is 1. The molecule has 1 atom stereocenters. The zero-order valence-electron chi connectivity index (χ0n) is 9.96. The van der Waals surface area contributed by atoms with E-state index in [1.54, 1.807) is 0 Å². The Labute approximate surface area is 105 Å². The summed E-state index contributed by atoms with van der Waals surface area (Å²) in [6, 6.07) is -0.183. The first-order valence-corrected chi connectivity index (χ1v) is 7.43. The molecule has 0 saturated carbocycles. The fraction of sp³-hybridized carbons (Fsp3) is 0.667. The SMILES string of the molecule is CS(=O)(=O)N1CCCC(NC(=O)c2cn[nH]n2)C1. The zero-order valence-corrected chi connectivity index (χ0v) is 10.8. The van der Waals surface area contributed by atoms with Crippen molar-refractivity contribution in [3.8, 4) is 0 Å². The number of piperidine rings is 1. The van der Waals surface area contributed by atoms with Crippen LogP contribution in [0.3, 0.4) is 0 Å². The van der Waals surface area contributed by atoms with Crippen LogP contribution in [-0.2, 0) is 10.0 Å². The van der Waals surface area contributed by atoms with Crippen molar-refractivity contribution in [2.24, 2.45) is 0 Å². The molecule has 100 valence electrons. The predicted octanol–water partition coefficient (Wildman–Crippen LogP) is -1.04. The number of carbonyl (C=O) groups is 1. The molecular formula is C9H15N5O3S. The lowest BCUT2D eigenvalue weighted by Crippen LogP contribution is -2.49. The van der Waals surface area contributed by atoms with E-state index in [4.69, 9.17) is 0 Å². The summed E-state index contributed by atoms with van der Waals surface area (Å²) in [6.45, 7) is 0.817. The van der Waals surface area contributed by atoms with Crippen molar-refractivity contribution in [3.05, 3.63) is 11.9 Å². The van der Waals surface area contributed by atoms with E-state index in [1.807, 2.05) is 0 Å². The Morgan fingerprint density at radius 1 is 1.61 bits per heavy atom. The maximum Gasteiger partial charge on any atom is 0.273 e. The van der Waals surface area contributed by atoms with Gasteiger partial charge in [-0.2, -0.15) is 15.4 Å². The summed E-state index contributed by atoms with van der Waals surface area (Å²) in [4.78, 5) is 11.7. The van der Waals surface area contributed by atoms with Gasteiger partial charge in [0.15, 0.2) is 5.69 Å². The lowest BCUT2D eigenvalue weighted by Gasteiger charge is -2.31. The van der Waals surface area contributed by atoms with Crippen LogP contribution in [0.5, 0.6) is 0 Å². The van der Waals surface area contributed by atoms with Crippen LogP contribution in [0.15, 0.2) is 6.20 Å². The minimum atomic E-state index is -3.20. The number of amides is 1. The fourth-order valence-corrected chi connectivity index (χ4v) is 2.84. The minimum absolute atomic E-state index is 0.183. The monoisotopic (exact) mass is 273 g/mol. The highest BCUT2D eigenvalue weighted by Crippen LogP contribution is 2.13. The number of hydrogen-bond acceptors (Lipinski definition) is 5. The van der Waals surface area contributed by atoms with Crippen molar-refractivity contribution in [3.63, 3.8) is 0 Å². The van der Waals surface area contributed by atoms with Gasteiger partial charge in [0.2, 0.25) is 10.0 Å². The summed E-state index contributed by atoms with van der Waals surface area (Å²) in [5.74, 6) is -0.343. The highest BCUT2D eigenvalue weighted by atomic mass is 32.2. The Kier molecular flexibility index (Phi) is 3.62. The molecule has 8 nitrogen and oxygen atoms in total. The highest BCUT2D eigenvalue weighted by molar-refractivity contribution is 7.88. The van der Waals surface area contributed by atoms with Gasteiger partial charge >= 0.3 is 0 Å². The molecule has 0 bridgehead atoms. The number of carbonyl (C=O) groups excluding carboxylic acids is 1. The molecule has 1 aliphatic heterocycles. The molecule has 1 saturated heterocycles. The zero-order chi connectivity index (χ0) is 13.2. The molecule has 0 spiro atoms. The second kappa shape index (κ2) is 5.02. The summed E-state index contributed by atoms with van der Waals surface area (Å²) in [7, 11) is -3.20. The number of rotatable bonds is 3. The molecule has 9 heteroatoms. The van der Waals surface area contributed by atoms with Gasteiger partial charge < -0.3 is 5.32 Å². The van der Waals surface area contributed by atoms with Crippen molar-refractivity contribution in [2.75, 3.05) is 19.3 Å². The number of aromatic amines is 1. The standard InChI is InChI=1S/C9H15N5O3S/c1-18(16,17)14-4-2-3-7(6-14)11-9(15)8-5-10-13-12-8/h5,7H,2-4,6H2,1H3,(H,11,15)(H,10,12,13). The first-order chi connectivity index (χ1) is 8.47. The van der Waals surface area contributed by atoms with E-state index in [2.05, 4.69) is 20.7 Å². The first kappa shape index (κ1) is 13.0. The molecule has 2 rings (SSSR count). The Morgan fingerprint density at radius 2 is 2.39 bits per heavy atom. The molecule has 1 unspecified atom stereocenters. The third-order valence-corrected chi connectivity index (χ3v) is 4.11. The summed E-state index contributed by atoms with van der Waals surface area (Å²) in [5.41, 5.74) is 0.200. The summed E-state index contributed by atoms with van der Waals surface area (Å²) in [5, 5.41) is 12.3. The van der Waals surface area contributed by atoms with Gasteiger partial charge in [-0.15, -0.1) is 0 Å². The Bertz CT molecular complexity index is 512. The van der Waals surface area contributed by atoms with Gasteiger partial charge in [-0.25, -0.2) is 12.7 Å². The highest BCUT2D eigenvalue weighted by Gasteiger charge is 2.27. The normalized spacial score (nSPS) is 21.7. The average molecular weight is 273 g/mol. The molecule has 1 aromatic heterocycles. The van der Waals surface area contributed by atoms with Crippen molar-refractivity contribution in [2.45, 2.75) is 18.9 Å². The maximum absolute atomic E-state index is 11.7. The quantitative estimate of drug-likeness (QED) is 0.731. The number of nitrogens with one attached hydrogen (secondary N) is 2. The van der Waals surface area contributed by atoms with Crippen LogP contribution in [0.4, 0.5) is 0 Å². The molecule has 0 aromatic carbocycles. The van der Waals surface area contributed by atoms with E-state index in [-0.39, 0.29) is 17.6 Å². The second-order valence-electron chi connectivity index (χ2n) is 4.29. The third kappa shape index (κ3) is 3.05. The molecule has 1 amide bonds. The van der Waals surface area contributed by atoms with Crippen molar-refractivity contribution in [1.29, 1.82) is 0 Å². The smallest absolute Gasteiger partial charge is 0.273 e. The molecule has 0 radical (unpaired) electrons. The number of aromatic nitrogens is 3. The Hall–Kier alpha value is -1.48. The van der Waals surface area contributed by atoms with Crippen LogP contribution in [0, 0.1) is 0 Å². The van der Waals surface area contributed by atoms with Gasteiger partial charge in [0.05, 0.1) is 12.5 Å². The van der Waals surface area contributed by atoms with E-state index < -0.39 is 10.0 Å². The number of nitrogens with zero attached hydrogens (tertiary/aromatic N) is 3. The van der Waals surface area contributed by atoms with Gasteiger partial charge in [0, 0.05) is 19.1 Å². The van der Waals surface area contributed by atoms with Crippen molar-refractivity contribution < 1.29 is 13.2 Å². The van der Waals surface area contributed by atoms with Crippen molar-refractivity contribution >= 4 is 15.9 Å². The van der Waals surface area contributed by atoms with Crippen LogP contribution >= 0.6 is 0 Å². The average Bonchev–Trinajstić information content (AvgIpc) is 2.81. The Morgan fingerprint density at radius 3 is 3.00 bits per heavy atom. The van der Waals surface area contributed by atoms with E-state index in [0.717, 1.165) is 12.8 Å². The van der Waals surface area contributed by atoms with Gasteiger partial charge in [-0.05, 0) is 12.8 Å². The molecule has 18 heavy (non-hydrogen) atoms.